The molecule has 6 nitrogen and oxygen atoms in total. The van der Waals surface area contributed by atoms with Gasteiger partial charge in [-0.3, -0.25) is 5.10 Å². The number of hydrogen-bond acceptors (Lipinski definition) is 5. The zero-order chi connectivity index (χ0) is 15.4. The third-order valence-electron chi connectivity index (χ3n) is 4.29. The van der Waals surface area contributed by atoms with Crippen molar-refractivity contribution in [1.82, 2.24) is 20.2 Å². The summed E-state index contributed by atoms with van der Waals surface area (Å²) in [6.45, 7) is 4.71. The fraction of sp³-hybridized carbons (Fsp3) is 0.562. The van der Waals surface area contributed by atoms with E-state index < -0.39 is 0 Å². The third-order valence-corrected chi connectivity index (χ3v) is 4.29. The van der Waals surface area contributed by atoms with Crippen LogP contribution in [-0.2, 0) is 17.8 Å². The van der Waals surface area contributed by atoms with Gasteiger partial charge in [-0.05, 0) is 24.8 Å². The highest BCUT2D eigenvalue weighted by Gasteiger charge is 2.25. The largest absolute Gasteiger partial charge is 0.378 e. The molecule has 0 amide bonds. The van der Waals surface area contributed by atoms with E-state index in [1.54, 1.807) is 13.4 Å². The van der Waals surface area contributed by atoms with Crippen LogP contribution in [0.3, 0.4) is 0 Å². The minimum absolute atomic E-state index is 0.493. The molecular formula is C16H23N5O. The molecule has 1 atom stereocenters. The van der Waals surface area contributed by atoms with Gasteiger partial charge in [-0.15, -0.1) is 0 Å². The van der Waals surface area contributed by atoms with Crippen LogP contribution in [0.4, 0.5) is 5.82 Å². The smallest absolute Gasteiger partial charge is 0.132 e. The Morgan fingerprint density at radius 2 is 2.32 bits per heavy atom. The Morgan fingerprint density at radius 3 is 3.14 bits per heavy atom. The molecular weight excluding hydrogens is 278 g/mol. The average molecular weight is 301 g/mol. The summed E-state index contributed by atoms with van der Waals surface area (Å²) in [6.07, 6.45) is 6.96. The number of H-pyrrole nitrogens is 1. The fourth-order valence-electron chi connectivity index (χ4n) is 3.16. The predicted molar refractivity (Wildman–Crippen MR) is 84.9 cm³/mol. The number of anilines is 1. The highest BCUT2D eigenvalue weighted by atomic mass is 16.5. The number of hydrogen-bond donors (Lipinski definition) is 1. The van der Waals surface area contributed by atoms with Crippen LogP contribution in [0.25, 0.3) is 0 Å². The molecule has 2 aromatic heterocycles. The van der Waals surface area contributed by atoms with Crippen molar-refractivity contribution >= 4 is 5.82 Å². The first-order valence-corrected chi connectivity index (χ1v) is 7.88. The molecule has 1 saturated heterocycles. The Morgan fingerprint density at radius 1 is 1.41 bits per heavy atom. The van der Waals surface area contributed by atoms with Gasteiger partial charge in [-0.25, -0.2) is 9.97 Å². The van der Waals surface area contributed by atoms with Crippen molar-refractivity contribution in [1.29, 1.82) is 0 Å². The van der Waals surface area contributed by atoms with Crippen molar-refractivity contribution < 1.29 is 4.74 Å². The molecule has 118 valence electrons. The highest BCUT2D eigenvalue weighted by molar-refractivity contribution is 5.40. The van der Waals surface area contributed by atoms with Crippen LogP contribution in [0.2, 0.25) is 0 Å². The molecule has 0 saturated carbocycles. The Bertz CT molecular complexity index is 612. The second-order valence-electron chi connectivity index (χ2n) is 5.75. The second kappa shape index (κ2) is 6.87. The Kier molecular flexibility index (Phi) is 4.68. The number of methoxy groups -OCH3 is 1. The molecule has 6 heteroatoms. The molecule has 0 bridgehead atoms. The van der Waals surface area contributed by atoms with Crippen LogP contribution < -0.4 is 4.90 Å². The normalized spacial score (nSPS) is 18.6. The van der Waals surface area contributed by atoms with Gasteiger partial charge in [0, 0.05) is 37.9 Å². The zero-order valence-corrected chi connectivity index (χ0v) is 13.2. The van der Waals surface area contributed by atoms with Gasteiger partial charge in [0.25, 0.3) is 0 Å². The van der Waals surface area contributed by atoms with E-state index in [0.29, 0.717) is 12.5 Å². The molecule has 3 heterocycles. The number of aryl methyl sites for hydroxylation is 1. The summed E-state index contributed by atoms with van der Waals surface area (Å²) in [5.41, 5.74) is 3.54. The van der Waals surface area contributed by atoms with E-state index in [9.17, 15) is 0 Å². The third kappa shape index (κ3) is 3.11. The van der Waals surface area contributed by atoms with Crippen molar-refractivity contribution in [3.63, 3.8) is 0 Å². The molecule has 22 heavy (non-hydrogen) atoms. The van der Waals surface area contributed by atoms with E-state index in [2.05, 4.69) is 32.0 Å². The minimum Gasteiger partial charge on any atom is -0.378 e. The van der Waals surface area contributed by atoms with Gasteiger partial charge in [-0.2, -0.15) is 5.10 Å². The molecule has 2 aromatic rings. The molecule has 1 N–H and O–H groups in total. The number of aromatic amines is 1. The van der Waals surface area contributed by atoms with Crippen LogP contribution in [0, 0.1) is 0 Å². The molecule has 3 rings (SSSR count). The summed E-state index contributed by atoms with van der Waals surface area (Å²) in [6, 6.07) is 2.03. The first-order valence-electron chi connectivity index (χ1n) is 7.88. The Balaban J connectivity index is 1.77. The van der Waals surface area contributed by atoms with Gasteiger partial charge in [0.05, 0.1) is 18.5 Å². The molecule has 1 unspecified atom stereocenters. The van der Waals surface area contributed by atoms with E-state index in [1.165, 1.54) is 17.7 Å². The average Bonchev–Trinajstić information content (AvgIpc) is 3.04. The van der Waals surface area contributed by atoms with Gasteiger partial charge in [0.15, 0.2) is 0 Å². The minimum atomic E-state index is 0.493. The first kappa shape index (κ1) is 15.0. The van der Waals surface area contributed by atoms with Crippen LogP contribution in [0.15, 0.2) is 18.6 Å². The Labute approximate surface area is 130 Å². The maximum Gasteiger partial charge on any atom is 0.132 e. The lowest BCUT2D eigenvalue weighted by molar-refractivity contribution is 0.181. The number of nitrogens with one attached hydrogen (secondary N) is 1. The van der Waals surface area contributed by atoms with Gasteiger partial charge >= 0.3 is 0 Å². The predicted octanol–water partition coefficient (Wildman–Crippen LogP) is 2.29. The van der Waals surface area contributed by atoms with E-state index in [-0.39, 0.29) is 0 Å². The van der Waals surface area contributed by atoms with Gasteiger partial charge in [0.1, 0.15) is 12.1 Å². The number of ether oxygens (including phenoxy) is 1. The number of aromatic nitrogens is 4. The van der Waals surface area contributed by atoms with Crippen molar-refractivity contribution in [3.8, 4) is 0 Å². The molecule has 1 aliphatic heterocycles. The highest BCUT2D eigenvalue weighted by Crippen LogP contribution is 2.30. The SMILES string of the molecule is CCc1cn[nH]c1C1CCCN(c2cc(COC)ncn2)C1. The lowest BCUT2D eigenvalue weighted by atomic mass is 9.92. The maximum absolute atomic E-state index is 5.16. The molecule has 0 aromatic carbocycles. The number of rotatable bonds is 5. The molecule has 1 fully saturated rings. The summed E-state index contributed by atoms with van der Waals surface area (Å²) in [5, 5.41) is 7.42. The zero-order valence-electron chi connectivity index (χ0n) is 13.2. The lowest BCUT2D eigenvalue weighted by Gasteiger charge is -2.33. The van der Waals surface area contributed by atoms with Crippen LogP contribution in [-0.4, -0.2) is 40.4 Å². The first-order chi connectivity index (χ1) is 10.8. The molecule has 0 radical (unpaired) electrons. The van der Waals surface area contributed by atoms with Gasteiger partial charge in [-0.1, -0.05) is 6.92 Å². The van der Waals surface area contributed by atoms with Crippen molar-refractivity contribution in [2.24, 2.45) is 0 Å². The summed E-state index contributed by atoms with van der Waals surface area (Å²) in [5.74, 6) is 1.48. The number of nitrogens with zero attached hydrogens (tertiary/aromatic N) is 4. The van der Waals surface area contributed by atoms with E-state index >= 15 is 0 Å². The molecule has 0 aliphatic carbocycles. The summed E-state index contributed by atoms with van der Waals surface area (Å²) in [4.78, 5) is 11.0. The monoisotopic (exact) mass is 301 g/mol. The number of piperidine rings is 1. The van der Waals surface area contributed by atoms with E-state index in [4.69, 9.17) is 4.74 Å². The molecule has 0 spiro atoms. The summed E-state index contributed by atoms with van der Waals surface area (Å²) >= 11 is 0. The lowest BCUT2D eigenvalue weighted by Crippen LogP contribution is -2.35. The standard InChI is InChI=1S/C16H23N5O/c1-3-12-8-19-20-16(12)13-5-4-6-21(9-13)15-7-14(10-22-2)17-11-18-15/h7-8,11,13H,3-6,9-10H2,1-2H3,(H,19,20). The maximum atomic E-state index is 5.16. The van der Waals surface area contributed by atoms with Crippen LogP contribution >= 0.6 is 0 Å². The fourth-order valence-corrected chi connectivity index (χ4v) is 3.16. The second-order valence-corrected chi connectivity index (χ2v) is 5.75. The van der Waals surface area contributed by atoms with E-state index in [0.717, 1.165) is 37.4 Å². The molecule has 1 aliphatic rings. The topological polar surface area (TPSA) is 66.9 Å². The quantitative estimate of drug-likeness (QED) is 0.918. The van der Waals surface area contributed by atoms with Crippen molar-refractivity contribution in [2.75, 3.05) is 25.1 Å². The van der Waals surface area contributed by atoms with Crippen LogP contribution in [0.5, 0.6) is 0 Å². The van der Waals surface area contributed by atoms with Gasteiger partial charge < -0.3 is 9.64 Å². The Hall–Kier alpha value is -1.95. The summed E-state index contributed by atoms with van der Waals surface area (Å²) < 4.78 is 5.16. The van der Waals surface area contributed by atoms with Crippen molar-refractivity contribution in [2.45, 2.75) is 38.7 Å². The van der Waals surface area contributed by atoms with E-state index in [1.807, 2.05) is 12.3 Å². The van der Waals surface area contributed by atoms with Crippen molar-refractivity contribution in [3.05, 3.63) is 35.5 Å². The van der Waals surface area contributed by atoms with Crippen LogP contribution in [0.1, 0.15) is 42.6 Å². The summed E-state index contributed by atoms with van der Waals surface area (Å²) in [7, 11) is 1.68. The van der Waals surface area contributed by atoms with Gasteiger partial charge in [0.2, 0.25) is 0 Å².